The van der Waals surface area contributed by atoms with Crippen molar-refractivity contribution >= 4 is 0 Å². The molecule has 1 N–H and O–H groups in total. The summed E-state index contributed by atoms with van der Waals surface area (Å²) in [5.41, 5.74) is 2.05. The van der Waals surface area contributed by atoms with E-state index in [1.54, 1.807) is 0 Å². The molecule has 2 heterocycles. The molecule has 0 unspecified atom stereocenters. The standard InChI is InChI=1S/C33H31NO2/c35-32(25-13-5-1-6-14-25,26-15-7-2-8-16-26)31-34-29-22-21-24(23-29)30(34)33(36-31,27-17-9-3-10-18-27)28-19-11-4-12-20-28/h1-20,24,29-31,35H,21-23H2/t24-,29+,30-,31+/m0/s1. The lowest BCUT2D eigenvalue weighted by Crippen LogP contribution is -2.53. The van der Waals surface area contributed by atoms with E-state index in [2.05, 4.69) is 65.6 Å². The van der Waals surface area contributed by atoms with Gasteiger partial charge in [-0.2, -0.15) is 0 Å². The molecule has 3 heteroatoms. The fourth-order valence-corrected chi connectivity index (χ4v) is 7.36. The summed E-state index contributed by atoms with van der Waals surface area (Å²) in [6.45, 7) is 0. The van der Waals surface area contributed by atoms with Crippen LogP contribution < -0.4 is 0 Å². The fourth-order valence-electron chi connectivity index (χ4n) is 7.36. The van der Waals surface area contributed by atoms with E-state index in [-0.39, 0.29) is 6.04 Å². The molecule has 7 rings (SSSR count). The van der Waals surface area contributed by atoms with Crippen molar-refractivity contribution in [1.82, 2.24) is 4.90 Å². The zero-order valence-corrected chi connectivity index (χ0v) is 20.3. The molecule has 3 fully saturated rings. The van der Waals surface area contributed by atoms with Gasteiger partial charge in [-0.25, -0.2) is 0 Å². The maximum atomic E-state index is 12.9. The highest BCUT2D eigenvalue weighted by atomic mass is 16.6. The van der Waals surface area contributed by atoms with Crippen molar-refractivity contribution in [1.29, 1.82) is 0 Å². The van der Waals surface area contributed by atoms with Gasteiger partial charge in [-0.15, -0.1) is 0 Å². The lowest BCUT2D eigenvalue weighted by atomic mass is 9.75. The van der Waals surface area contributed by atoms with Gasteiger partial charge < -0.3 is 9.84 Å². The van der Waals surface area contributed by atoms with E-state index in [1.807, 2.05) is 60.7 Å². The lowest BCUT2D eigenvalue weighted by Gasteiger charge is -2.41. The molecular formula is C33H31NO2. The van der Waals surface area contributed by atoms with Crippen molar-refractivity contribution in [3.05, 3.63) is 144 Å². The number of rotatable bonds is 5. The second-order valence-corrected chi connectivity index (χ2v) is 10.6. The summed E-state index contributed by atoms with van der Waals surface area (Å²) >= 11 is 0. The van der Waals surface area contributed by atoms with E-state index < -0.39 is 17.4 Å². The minimum Gasteiger partial charge on any atom is -0.376 e. The van der Waals surface area contributed by atoms with Crippen molar-refractivity contribution in [3.63, 3.8) is 0 Å². The number of hydrogen-bond donors (Lipinski definition) is 1. The molecule has 2 saturated heterocycles. The molecule has 4 atom stereocenters. The Kier molecular flexibility index (Phi) is 5.14. The number of piperidine rings is 1. The van der Waals surface area contributed by atoms with Gasteiger partial charge in [0.05, 0.1) is 6.04 Å². The molecule has 3 aliphatic rings. The zero-order chi connectivity index (χ0) is 24.2. The van der Waals surface area contributed by atoms with Crippen LogP contribution in [0.5, 0.6) is 0 Å². The molecule has 1 saturated carbocycles. The van der Waals surface area contributed by atoms with E-state index in [0.717, 1.165) is 35.1 Å². The monoisotopic (exact) mass is 473 g/mol. The van der Waals surface area contributed by atoms with Crippen molar-refractivity contribution in [3.8, 4) is 0 Å². The number of aliphatic hydroxyl groups is 1. The zero-order valence-electron chi connectivity index (χ0n) is 20.3. The highest BCUT2D eigenvalue weighted by molar-refractivity contribution is 5.45. The van der Waals surface area contributed by atoms with Crippen LogP contribution in [0.25, 0.3) is 0 Å². The maximum Gasteiger partial charge on any atom is 0.154 e. The van der Waals surface area contributed by atoms with E-state index in [9.17, 15) is 5.11 Å². The van der Waals surface area contributed by atoms with Gasteiger partial charge in [0.1, 0.15) is 5.60 Å². The Labute approximate surface area is 213 Å². The Morgan fingerprint density at radius 1 is 0.667 bits per heavy atom. The van der Waals surface area contributed by atoms with Gasteiger partial charge in [0.15, 0.2) is 11.8 Å². The van der Waals surface area contributed by atoms with Gasteiger partial charge in [-0.3, -0.25) is 4.90 Å². The topological polar surface area (TPSA) is 32.7 Å². The highest BCUT2D eigenvalue weighted by Gasteiger charge is 2.68. The van der Waals surface area contributed by atoms with Crippen molar-refractivity contribution in [2.45, 2.75) is 48.8 Å². The van der Waals surface area contributed by atoms with Crippen molar-refractivity contribution in [2.24, 2.45) is 5.92 Å². The summed E-state index contributed by atoms with van der Waals surface area (Å²) in [5.74, 6) is 0.524. The first-order valence-corrected chi connectivity index (χ1v) is 13.1. The minimum absolute atomic E-state index is 0.157. The van der Waals surface area contributed by atoms with Crippen molar-refractivity contribution < 1.29 is 9.84 Å². The largest absolute Gasteiger partial charge is 0.376 e. The van der Waals surface area contributed by atoms with Crippen LogP contribution in [-0.4, -0.2) is 28.3 Å². The van der Waals surface area contributed by atoms with Gasteiger partial charge in [-0.05, 0) is 47.4 Å². The van der Waals surface area contributed by atoms with Gasteiger partial charge in [-0.1, -0.05) is 121 Å². The van der Waals surface area contributed by atoms with Crippen LogP contribution >= 0.6 is 0 Å². The molecule has 180 valence electrons. The second kappa shape index (κ2) is 8.41. The first-order chi connectivity index (χ1) is 17.7. The van der Waals surface area contributed by atoms with Crippen LogP contribution in [0.2, 0.25) is 0 Å². The molecule has 0 spiro atoms. The van der Waals surface area contributed by atoms with Crippen molar-refractivity contribution in [2.75, 3.05) is 0 Å². The summed E-state index contributed by atoms with van der Waals surface area (Å²) in [6, 6.07) is 42.1. The predicted octanol–water partition coefficient (Wildman–Crippen LogP) is 6.08. The molecule has 36 heavy (non-hydrogen) atoms. The summed E-state index contributed by atoms with van der Waals surface area (Å²) in [4.78, 5) is 2.55. The Morgan fingerprint density at radius 2 is 1.14 bits per heavy atom. The summed E-state index contributed by atoms with van der Waals surface area (Å²) in [6.07, 6.45) is 2.99. The second-order valence-electron chi connectivity index (χ2n) is 10.6. The molecule has 4 aromatic rings. The van der Waals surface area contributed by atoms with Crippen LogP contribution in [-0.2, 0) is 15.9 Å². The van der Waals surface area contributed by atoms with Crippen LogP contribution in [0.1, 0.15) is 41.5 Å². The highest BCUT2D eigenvalue weighted by Crippen LogP contribution is 2.61. The molecule has 3 nitrogen and oxygen atoms in total. The number of benzene rings is 4. The van der Waals surface area contributed by atoms with E-state index in [4.69, 9.17) is 4.74 Å². The average Bonchev–Trinajstić information content (AvgIpc) is 3.68. The normalized spacial score (nSPS) is 26.7. The first kappa shape index (κ1) is 22.0. The molecule has 2 aliphatic heterocycles. The summed E-state index contributed by atoms with van der Waals surface area (Å²) in [7, 11) is 0. The van der Waals surface area contributed by atoms with Gasteiger partial charge in [0.25, 0.3) is 0 Å². The number of nitrogens with zero attached hydrogens (tertiary/aromatic N) is 1. The first-order valence-electron chi connectivity index (χ1n) is 13.1. The van der Waals surface area contributed by atoms with Gasteiger partial charge >= 0.3 is 0 Å². The molecule has 4 aromatic carbocycles. The van der Waals surface area contributed by atoms with Crippen LogP contribution in [0, 0.1) is 5.92 Å². The summed E-state index contributed by atoms with van der Waals surface area (Å²) in [5, 5.41) is 12.9. The van der Waals surface area contributed by atoms with Crippen LogP contribution in [0.3, 0.4) is 0 Å². The third kappa shape index (κ3) is 3.03. The van der Waals surface area contributed by atoms with Crippen LogP contribution in [0.4, 0.5) is 0 Å². The Hall–Kier alpha value is -3.24. The van der Waals surface area contributed by atoms with E-state index in [1.165, 1.54) is 6.42 Å². The summed E-state index contributed by atoms with van der Waals surface area (Å²) < 4.78 is 7.42. The Bertz CT molecular complexity index is 1250. The average molecular weight is 474 g/mol. The SMILES string of the molecule is OC(c1ccccc1)(c1ccccc1)[C@H]1OC(c2ccccc2)(c2ccccc2)[C@@H]2[C@H]3CC[C@H](C3)N21. The smallest absolute Gasteiger partial charge is 0.154 e. The number of ether oxygens (including phenoxy) is 1. The molecule has 1 aliphatic carbocycles. The third-order valence-corrected chi connectivity index (χ3v) is 8.81. The molecule has 0 aromatic heterocycles. The lowest BCUT2D eigenvalue weighted by molar-refractivity contribution is -0.153. The predicted molar refractivity (Wildman–Crippen MR) is 141 cm³/mol. The number of fused-ring (bicyclic) bond motifs is 5. The molecular weight excluding hydrogens is 442 g/mol. The van der Waals surface area contributed by atoms with Gasteiger partial charge in [0.2, 0.25) is 0 Å². The number of hydrogen-bond acceptors (Lipinski definition) is 3. The van der Waals surface area contributed by atoms with Crippen LogP contribution in [0.15, 0.2) is 121 Å². The Morgan fingerprint density at radius 3 is 1.64 bits per heavy atom. The fraction of sp³-hybridized carbons (Fsp3) is 0.273. The molecule has 2 bridgehead atoms. The maximum absolute atomic E-state index is 12.9. The molecule has 0 amide bonds. The Balaban J connectivity index is 1.49. The quantitative estimate of drug-likeness (QED) is 0.382. The van der Waals surface area contributed by atoms with E-state index in [0.29, 0.717) is 12.0 Å². The van der Waals surface area contributed by atoms with Gasteiger partial charge in [0, 0.05) is 6.04 Å². The van der Waals surface area contributed by atoms with E-state index >= 15 is 0 Å². The molecule has 0 radical (unpaired) electrons. The third-order valence-electron chi connectivity index (χ3n) is 8.81. The minimum atomic E-state index is -1.32.